The molecule has 7 rings (SSSR count). The first-order chi connectivity index (χ1) is 26.8. The van der Waals surface area contributed by atoms with Gasteiger partial charge in [-0.3, -0.25) is 9.59 Å². The van der Waals surface area contributed by atoms with Gasteiger partial charge in [-0.05, 0) is 73.4 Å². The van der Waals surface area contributed by atoms with Gasteiger partial charge in [-0.2, -0.15) is 0 Å². The Morgan fingerprint density at radius 1 is 0.964 bits per heavy atom. The highest BCUT2D eigenvalue weighted by Crippen LogP contribution is 2.47. The average molecular weight is 760 g/mol. The number of methoxy groups -OCH3 is 1. The number of hydrogen-bond acceptors (Lipinski definition) is 7. The number of hydrogen-bond donors (Lipinski definition) is 3. The van der Waals surface area contributed by atoms with Gasteiger partial charge in [0.05, 0.1) is 48.7 Å². The van der Waals surface area contributed by atoms with E-state index in [9.17, 15) is 14.4 Å². The SMILES string of the molecule is C=C1C[C@@H](c2ncc(-c3ccc(C#Cc4ccc5nc([C@@H]6C[C@@]7(CCCOC7)CN6C(=O)[C@@H](NC(=O)OC)C(C)C)[nH]c5c4)cc3)[nH]2)N(C(=O)[C@@H](C)C(C)C)C1. The molecule has 12 nitrogen and oxygen atoms in total. The number of amides is 3. The molecule has 2 aromatic heterocycles. The third-order valence-electron chi connectivity index (χ3n) is 11.8. The van der Waals surface area contributed by atoms with E-state index < -0.39 is 12.1 Å². The molecule has 3 aliphatic heterocycles. The zero-order valence-electron chi connectivity index (χ0n) is 33.3. The molecule has 3 aliphatic rings. The van der Waals surface area contributed by atoms with Crippen LogP contribution in [-0.2, 0) is 19.1 Å². The van der Waals surface area contributed by atoms with Crippen molar-refractivity contribution in [2.75, 3.05) is 33.4 Å². The lowest BCUT2D eigenvalue weighted by atomic mass is 9.80. The lowest BCUT2D eigenvalue weighted by molar-refractivity contribution is -0.137. The molecule has 0 saturated carbocycles. The summed E-state index contributed by atoms with van der Waals surface area (Å²) in [7, 11) is 1.30. The summed E-state index contributed by atoms with van der Waals surface area (Å²) < 4.78 is 10.8. The Kier molecular flexibility index (Phi) is 11.1. The Hall–Kier alpha value is -5.41. The molecule has 3 amide bonds. The Bertz CT molecular complexity index is 2170. The molecule has 4 aromatic rings. The molecular weight excluding hydrogens is 707 g/mol. The number of fused-ring (bicyclic) bond motifs is 1. The highest BCUT2D eigenvalue weighted by atomic mass is 16.5. The lowest BCUT2D eigenvalue weighted by Gasteiger charge is -2.33. The van der Waals surface area contributed by atoms with Crippen molar-refractivity contribution >= 4 is 28.9 Å². The van der Waals surface area contributed by atoms with Crippen LogP contribution >= 0.6 is 0 Å². The fraction of sp³-hybridized carbons (Fsp3) is 0.477. The largest absolute Gasteiger partial charge is 0.453 e. The van der Waals surface area contributed by atoms with Gasteiger partial charge in [0.1, 0.15) is 17.7 Å². The van der Waals surface area contributed by atoms with Gasteiger partial charge in [-0.25, -0.2) is 14.8 Å². The summed E-state index contributed by atoms with van der Waals surface area (Å²) in [6.45, 7) is 16.5. The second kappa shape index (κ2) is 16.0. The van der Waals surface area contributed by atoms with Crippen molar-refractivity contribution in [3.63, 3.8) is 0 Å². The van der Waals surface area contributed by atoms with Gasteiger partial charge in [0, 0.05) is 42.2 Å². The molecule has 3 saturated heterocycles. The number of rotatable bonds is 8. The Morgan fingerprint density at radius 3 is 2.41 bits per heavy atom. The maximum atomic E-state index is 14.1. The minimum atomic E-state index is -0.735. The average Bonchev–Trinajstić information content (AvgIpc) is 4.00. The van der Waals surface area contributed by atoms with Crippen molar-refractivity contribution in [3.05, 3.63) is 83.6 Å². The minimum Gasteiger partial charge on any atom is -0.453 e. The van der Waals surface area contributed by atoms with E-state index in [1.807, 2.05) is 79.2 Å². The smallest absolute Gasteiger partial charge is 0.407 e. The number of alkyl carbamates (subject to hydrolysis) is 1. The van der Waals surface area contributed by atoms with Crippen molar-refractivity contribution in [2.45, 2.75) is 78.4 Å². The summed E-state index contributed by atoms with van der Waals surface area (Å²) in [6, 6.07) is 12.7. The third-order valence-corrected chi connectivity index (χ3v) is 11.8. The summed E-state index contributed by atoms with van der Waals surface area (Å²) in [5.41, 5.74) is 6.05. The number of H-pyrrole nitrogens is 2. The van der Waals surface area contributed by atoms with Gasteiger partial charge in [0.25, 0.3) is 0 Å². The van der Waals surface area contributed by atoms with E-state index in [0.717, 1.165) is 70.7 Å². The molecule has 0 unspecified atom stereocenters. The Labute approximate surface area is 328 Å². The van der Waals surface area contributed by atoms with Gasteiger partial charge in [-0.15, -0.1) is 0 Å². The van der Waals surface area contributed by atoms with Crippen molar-refractivity contribution in [1.82, 2.24) is 35.1 Å². The molecular formula is C44H53N7O5. The molecule has 12 heteroatoms. The molecule has 56 heavy (non-hydrogen) atoms. The van der Waals surface area contributed by atoms with Crippen LogP contribution in [0.15, 0.2) is 60.8 Å². The first kappa shape index (κ1) is 38.8. The van der Waals surface area contributed by atoms with Crippen LogP contribution in [0.1, 0.15) is 95.2 Å². The number of carbonyl (C=O) groups excluding carboxylic acids is 3. The first-order valence-electron chi connectivity index (χ1n) is 19.7. The number of imidazole rings is 2. The summed E-state index contributed by atoms with van der Waals surface area (Å²) in [4.78, 5) is 60.0. The summed E-state index contributed by atoms with van der Waals surface area (Å²) in [5, 5.41) is 2.75. The minimum absolute atomic E-state index is 0.0721. The van der Waals surface area contributed by atoms with E-state index in [0.29, 0.717) is 31.9 Å². The Balaban J connectivity index is 1.07. The molecule has 0 radical (unpaired) electrons. The van der Waals surface area contributed by atoms with Gasteiger partial charge in [-0.1, -0.05) is 70.7 Å². The van der Waals surface area contributed by atoms with E-state index in [2.05, 4.69) is 52.5 Å². The van der Waals surface area contributed by atoms with Gasteiger partial charge < -0.3 is 34.6 Å². The summed E-state index contributed by atoms with van der Waals surface area (Å²) in [6.07, 6.45) is 4.52. The Morgan fingerprint density at radius 2 is 1.71 bits per heavy atom. The van der Waals surface area contributed by atoms with Crippen LogP contribution in [-0.4, -0.2) is 87.1 Å². The van der Waals surface area contributed by atoms with E-state index in [1.165, 1.54) is 7.11 Å². The zero-order valence-corrected chi connectivity index (χ0v) is 33.3. The molecule has 5 heterocycles. The van der Waals surface area contributed by atoms with E-state index in [-0.39, 0.29) is 47.1 Å². The molecule has 3 fully saturated rings. The molecule has 2 aromatic carbocycles. The predicted molar refractivity (Wildman–Crippen MR) is 214 cm³/mol. The summed E-state index contributed by atoms with van der Waals surface area (Å²) in [5.74, 6) is 8.09. The maximum Gasteiger partial charge on any atom is 0.407 e. The number of aromatic amines is 2. The highest BCUT2D eigenvalue weighted by molar-refractivity contribution is 5.87. The van der Waals surface area contributed by atoms with Crippen LogP contribution < -0.4 is 5.32 Å². The maximum absolute atomic E-state index is 14.1. The van der Waals surface area contributed by atoms with Crippen LogP contribution in [0, 0.1) is 35.0 Å². The van der Waals surface area contributed by atoms with Crippen molar-refractivity contribution < 1.29 is 23.9 Å². The number of ether oxygens (including phenoxy) is 2. The van der Waals surface area contributed by atoms with E-state index in [4.69, 9.17) is 14.5 Å². The van der Waals surface area contributed by atoms with Crippen LogP contribution in [0.3, 0.4) is 0 Å². The normalized spacial score (nSPS) is 22.1. The van der Waals surface area contributed by atoms with E-state index in [1.54, 1.807) is 0 Å². The number of nitrogens with zero attached hydrogens (tertiary/aromatic N) is 4. The third kappa shape index (κ3) is 7.96. The van der Waals surface area contributed by atoms with Crippen LogP contribution in [0.4, 0.5) is 4.79 Å². The molecule has 294 valence electrons. The van der Waals surface area contributed by atoms with Gasteiger partial charge in [0.2, 0.25) is 11.8 Å². The molecule has 1 spiro atoms. The van der Waals surface area contributed by atoms with E-state index >= 15 is 0 Å². The predicted octanol–water partition coefficient (Wildman–Crippen LogP) is 6.93. The van der Waals surface area contributed by atoms with Crippen molar-refractivity contribution in [2.24, 2.45) is 23.2 Å². The number of benzene rings is 2. The van der Waals surface area contributed by atoms with Crippen LogP contribution in [0.2, 0.25) is 0 Å². The topological polar surface area (TPSA) is 146 Å². The standard InChI is InChI=1S/C44H53N7O5/c1-26(2)29(6)41(52)50-23-28(5)19-36(50)39-45-22-35(48-39)32-14-11-30(12-15-32)9-10-31-13-16-33-34(20-31)47-40(46-33)37-21-44(17-8-18-56-25-44)24-51(37)42(53)38(27(3)4)49-43(54)55-7/h11-16,20,22,26-27,29,36-38H,5,8,17-19,21,23-25H2,1-4,6-7H3,(H,45,48)(H,46,47)(H,49,54)/t29-,36-,37-,38-,44-/m0/s1. The molecule has 3 N–H and O–H groups in total. The fourth-order valence-corrected chi connectivity index (χ4v) is 8.22. The van der Waals surface area contributed by atoms with Crippen molar-refractivity contribution in [3.8, 4) is 23.1 Å². The quantitative estimate of drug-likeness (QED) is 0.131. The number of likely N-dealkylation sites (tertiary alicyclic amines) is 2. The monoisotopic (exact) mass is 759 g/mol. The summed E-state index contributed by atoms with van der Waals surface area (Å²) >= 11 is 0. The number of carbonyl (C=O) groups is 3. The number of nitrogens with one attached hydrogen (secondary N) is 3. The zero-order chi connectivity index (χ0) is 39.7. The van der Waals surface area contributed by atoms with Crippen LogP contribution in [0.5, 0.6) is 0 Å². The van der Waals surface area contributed by atoms with Crippen molar-refractivity contribution in [1.29, 1.82) is 0 Å². The highest BCUT2D eigenvalue weighted by Gasteiger charge is 2.50. The molecule has 0 aliphatic carbocycles. The molecule has 0 bridgehead atoms. The second-order valence-corrected chi connectivity index (χ2v) is 16.5. The van der Waals surface area contributed by atoms with Gasteiger partial charge in [0.15, 0.2) is 0 Å². The van der Waals surface area contributed by atoms with Gasteiger partial charge >= 0.3 is 6.09 Å². The lowest BCUT2D eigenvalue weighted by Crippen LogP contribution is -2.51. The molecule has 5 atom stereocenters. The fourth-order valence-electron chi connectivity index (χ4n) is 8.22. The number of aromatic nitrogens is 4. The van der Waals surface area contributed by atoms with Crippen LogP contribution in [0.25, 0.3) is 22.3 Å². The second-order valence-electron chi connectivity index (χ2n) is 16.5. The first-order valence-corrected chi connectivity index (χ1v) is 19.7.